The van der Waals surface area contributed by atoms with Crippen LogP contribution >= 0.6 is 23.2 Å². The van der Waals surface area contributed by atoms with Gasteiger partial charge < -0.3 is 19.4 Å². The second-order valence-electron chi connectivity index (χ2n) is 8.88. The van der Waals surface area contributed by atoms with Crippen molar-refractivity contribution in [3.05, 3.63) is 63.6 Å². The highest BCUT2D eigenvalue weighted by Crippen LogP contribution is 2.44. The lowest BCUT2D eigenvalue weighted by Gasteiger charge is -2.29. The zero-order chi connectivity index (χ0) is 26.1. The van der Waals surface area contributed by atoms with Gasteiger partial charge in [0.25, 0.3) is 0 Å². The predicted octanol–water partition coefficient (Wildman–Crippen LogP) is 6.11. The monoisotopic (exact) mass is 517 g/mol. The van der Waals surface area contributed by atoms with Gasteiger partial charge in [-0.05, 0) is 72.9 Å². The largest absolute Gasteiger partial charge is 0.573 e. The summed E-state index contributed by atoms with van der Waals surface area (Å²) in [7, 11) is 0. The summed E-state index contributed by atoms with van der Waals surface area (Å²) in [6.07, 6.45) is -3.52. The number of rotatable bonds is 7. The van der Waals surface area contributed by atoms with Crippen LogP contribution in [0.4, 0.5) is 13.2 Å². The summed E-state index contributed by atoms with van der Waals surface area (Å²) in [6, 6.07) is 7.49. The van der Waals surface area contributed by atoms with Crippen LogP contribution in [-0.2, 0) is 4.79 Å². The third kappa shape index (κ3) is 6.90. The van der Waals surface area contributed by atoms with E-state index in [9.17, 15) is 27.9 Å². The second-order valence-corrected chi connectivity index (χ2v) is 9.64. The van der Waals surface area contributed by atoms with Crippen molar-refractivity contribution in [2.75, 3.05) is 0 Å². The molecule has 0 saturated heterocycles. The number of ether oxygens (including phenoxy) is 2. The van der Waals surface area contributed by atoms with E-state index in [4.69, 9.17) is 27.9 Å². The number of hydrogen-bond donors (Lipinski definition) is 0. The van der Waals surface area contributed by atoms with Gasteiger partial charge in [0.15, 0.2) is 5.78 Å². The van der Waals surface area contributed by atoms with E-state index in [2.05, 4.69) is 4.74 Å². The molecule has 0 fully saturated rings. The predicted molar refractivity (Wildman–Crippen MR) is 121 cm³/mol. The molecular formula is C24H22Cl2F3O5-. The Hall–Kier alpha value is -2.71. The summed E-state index contributed by atoms with van der Waals surface area (Å²) < 4.78 is 46.3. The Morgan fingerprint density at radius 2 is 1.44 bits per heavy atom. The third-order valence-corrected chi connectivity index (χ3v) is 5.51. The van der Waals surface area contributed by atoms with Crippen LogP contribution in [0, 0.1) is 5.41 Å². The quantitative estimate of drug-likeness (QED) is 0.327. The van der Waals surface area contributed by atoms with E-state index in [1.807, 2.05) is 20.8 Å². The Morgan fingerprint density at radius 3 is 1.91 bits per heavy atom. The molecule has 0 bridgehead atoms. The van der Waals surface area contributed by atoms with Crippen molar-refractivity contribution in [1.82, 2.24) is 0 Å². The number of carbonyl (C=O) groups is 2. The molecule has 184 valence electrons. The molecule has 2 aromatic carbocycles. The number of hydrogen-bond acceptors (Lipinski definition) is 5. The number of halogens is 5. The molecule has 0 aliphatic rings. The highest BCUT2D eigenvalue weighted by atomic mass is 35.5. The van der Waals surface area contributed by atoms with Crippen molar-refractivity contribution < 1.29 is 37.3 Å². The maximum absolute atomic E-state index is 12.9. The van der Waals surface area contributed by atoms with Gasteiger partial charge in [-0.2, -0.15) is 0 Å². The summed E-state index contributed by atoms with van der Waals surface area (Å²) in [5.41, 5.74) is -1.24. The Kier molecular flexibility index (Phi) is 8.00. The Balaban J connectivity index is 2.46. The van der Waals surface area contributed by atoms with Crippen molar-refractivity contribution in [1.29, 1.82) is 0 Å². The van der Waals surface area contributed by atoms with Gasteiger partial charge in [-0.3, -0.25) is 4.79 Å². The summed E-state index contributed by atoms with van der Waals surface area (Å²) in [6.45, 7) is 8.09. The number of carbonyl (C=O) groups excluding carboxylic acids is 2. The molecule has 0 saturated carbocycles. The zero-order valence-electron chi connectivity index (χ0n) is 19.0. The van der Waals surface area contributed by atoms with E-state index in [1.54, 1.807) is 6.07 Å². The van der Waals surface area contributed by atoms with Gasteiger partial charge in [0.2, 0.25) is 0 Å². The molecule has 10 heteroatoms. The van der Waals surface area contributed by atoms with Crippen LogP contribution in [0.2, 0.25) is 10.0 Å². The molecule has 0 spiro atoms. The molecule has 0 radical (unpaired) electrons. The maximum atomic E-state index is 12.9. The van der Waals surface area contributed by atoms with Crippen LogP contribution in [-0.4, -0.2) is 23.7 Å². The number of allylic oxidation sites excluding steroid dienone is 2. The number of ketones is 1. The van der Waals surface area contributed by atoms with Crippen LogP contribution in [0.3, 0.4) is 0 Å². The molecule has 5 nitrogen and oxygen atoms in total. The molecule has 0 aromatic heterocycles. The van der Waals surface area contributed by atoms with E-state index in [-0.39, 0.29) is 21.4 Å². The number of alkyl halides is 3. The molecule has 2 rings (SSSR count). The Morgan fingerprint density at radius 1 is 0.882 bits per heavy atom. The average Bonchev–Trinajstić information content (AvgIpc) is 2.68. The molecule has 0 N–H and O–H groups in total. The minimum Gasteiger partial charge on any atom is -0.546 e. The maximum Gasteiger partial charge on any atom is 0.573 e. The number of aliphatic carboxylic acids is 1. The Labute approximate surface area is 205 Å². The summed E-state index contributed by atoms with van der Waals surface area (Å²) in [5, 5.41) is 11.2. The SMILES string of the molecule is CC(C)(C)C(=CC(=O)c1ccc(OC(F)(F)F)cc1)c1ccc(OC(C)(C)C(=O)[O-])c(Cl)c1Cl. The first-order chi connectivity index (χ1) is 15.4. The van der Waals surface area contributed by atoms with Crippen molar-refractivity contribution in [3.8, 4) is 11.5 Å². The zero-order valence-corrected chi connectivity index (χ0v) is 20.5. The van der Waals surface area contributed by atoms with Gasteiger partial charge in [-0.15, -0.1) is 13.2 Å². The molecule has 0 amide bonds. The fourth-order valence-electron chi connectivity index (χ4n) is 2.87. The molecular weight excluding hydrogens is 496 g/mol. The normalized spacial score (nSPS) is 12.9. The summed E-state index contributed by atoms with van der Waals surface area (Å²) >= 11 is 12.8. The third-order valence-electron chi connectivity index (χ3n) is 4.65. The molecule has 0 aliphatic heterocycles. The van der Waals surface area contributed by atoms with Crippen molar-refractivity contribution in [3.63, 3.8) is 0 Å². The Bertz CT molecular complexity index is 1120. The first-order valence-electron chi connectivity index (χ1n) is 9.93. The van der Waals surface area contributed by atoms with Crippen LogP contribution in [0.25, 0.3) is 5.57 Å². The first kappa shape index (κ1) is 27.5. The van der Waals surface area contributed by atoms with Gasteiger partial charge in [-0.25, -0.2) is 0 Å². The second kappa shape index (κ2) is 9.88. The van der Waals surface area contributed by atoms with Gasteiger partial charge in [0.05, 0.1) is 11.0 Å². The lowest BCUT2D eigenvalue weighted by atomic mass is 9.81. The number of carboxylic acids is 1. The number of benzene rings is 2. The molecule has 2 aromatic rings. The lowest BCUT2D eigenvalue weighted by Crippen LogP contribution is -2.48. The molecule has 0 aliphatic carbocycles. The van der Waals surface area contributed by atoms with Crippen LogP contribution in [0.5, 0.6) is 11.5 Å². The summed E-state index contributed by atoms with van der Waals surface area (Å²) in [4.78, 5) is 24.1. The topological polar surface area (TPSA) is 75.7 Å². The van der Waals surface area contributed by atoms with Gasteiger partial charge in [0.1, 0.15) is 22.1 Å². The lowest BCUT2D eigenvalue weighted by molar-refractivity contribution is -0.320. The van der Waals surface area contributed by atoms with Gasteiger partial charge in [0, 0.05) is 5.56 Å². The van der Waals surface area contributed by atoms with Gasteiger partial charge >= 0.3 is 6.36 Å². The van der Waals surface area contributed by atoms with Crippen molar-refractivity contribution >= 4 is 40.5 Å². The van der Waals surface area contributed by atoms with Crippen LogP contribution in [0.1, 0.15) is 50.5 Å². The van der Waals surface area contributed by atoms with Gasteiger partial charge in [-0.1, -0.05) is 44.0 Å². The van der Waals surface area contributed by atoms with E-state index >= 15 is 0 Å². The fourth-order valence-corrected chi connectivity index (χ4v) is 3.33. The average molecular weight is 518 g/mol. The van der Waals surface area contributed by atoms with E-state index < -0.39 is 34.9 Å². The first-order valence-corrected chi connectivity index (χ1v) is 10.7. The van der Waals surface area contributed by atoms with Crippen LogP contribution < -0.4 is 14.6 Å². The molecule has 0 atom stereocenters. The highest BCUT2D eigenvalue weighted by molar-refractivity contribution is 6.44. The van der Waals surface area contributed by atoms with Crippen molar-refractivity contribution in [2.24, 2.45) is 5.41 Å². The molecule has 0 heterocycles. The minimum absolute atomic E-state index is 0.0180. The van der Waals surface area contributed by atoms with E-state index in [0.717, 1.165) is 12.1 Å². The fraction of sp³-hybridized carbons (Fsp3) is 0.333. The highest BCUT2D eigenvalue weighted by Gasteiger charge is 2.31. The molecule has 0 unspecified atom stereocenters. The van der Waals surface area contributed by atoms with Crippen LogP contribution in [0.15, 0.2) is 42.5 Å². The number of carboxylic acid groups (broad SMARTS) is 1. The summed E-state index contributed by atoms with van der Waals surface area (Å²) in [5.74, 6) is -2.36. The molecule has 34 heavy (non-hydrogen) atoms. The smallest absolute Gasteiger partial charge is 0.546 e. The van der Waals surface area contributed by atoms with E-state index in [0.29, 0.717) is 11.1 Å². The van der Waals surface area contributed by atoms with Crippen molar-refractivity contribution in [2.45, 2.75) is 46.6 Å². The minimum atomic E-state index is -4.84. The standard InChI is InChI=1S/C24H23Cl2F3O5/c1-22(2,3)16(12-17(30)13-6-8-14(9-7-13)33-24(27,28)29)15-10-11-18(20(26)19(15)25)34-23(4,5)21(31)32/h6-12H,1-5H3,(H,31,32)/p-1. The van der Waals surface area contributed by atoms with E-state index in [1.165, 1.54) is 38.1 Å².